The Morgan fingerprint density at radius 3 is 1.90 bits per heavy atom. The Morgan fingerprint density at radius 1 is 0.850 bits per heavy atom. The molecule has 0 aromatic carbocycles. The summed E-state index contributed by atoms with van der Waals surface area (Å²) >= 11 is 0. The second-order valence-electron chi connectivity index (χ2n) is 8.95. The van der Waals surface area contributed by atoms with Crippen molar-refractivity contribution in [1.82, 2.24) is 0 Å². The quantitative estimate of drug-likeness (QED) is 0.513. The summed E-state index contributed by atoms with van der Waals surface area (Å²) < 4.78 is 0. The molecule has 0 aromatic rings. The molecule has 1 heteroatoms. The zero-order valence-corrected chi connectivity index (χ0v) is 16.1. The summed E-state index contributed by atoms with van der Waals surface area (Å²) in [6.07, 6.45) is 7.55. The maximum absolute atomic E-state index is 2.74. The van der Waals surface area contributed by atoms with Crippen LogP contribution in [0.5, 0.6) is 0 Å². The maximum atomic E-state index is 2.74. The van der Waals surface area contributed by atoms with Crippen LogP contribution in [0.3, 0.4) is 0 Å². The van der Waals surface area contributed by atoms with Crippen LogP contribution in [-0.4, -0.2) is 8.07 Å². The largest absolute Gasteiger partial charge is 0.0689 e. The molecule has 2 fully saturated rings. The van der Waals surface area contributed by atoms with E-state index in [4.69, 9.17) is 0 Å². The minimum Gasteiger partial charge on any atom is -0.0689 e. The summed E-state index contributed by atoms with van der Waals surface area (Å²) in [5.41, 5.74) is 2.18. The van der Waals surface area contributed by atoms with Crippen molar-refractivity contribution in [3.63, 3.8) is 0 Å². The van der Waals surface area contributed by atoms with Crippen LogP contribution in [0.25, 0.3) is 0 Å². The highest BCUT2D eigenvalue weighted by Crippen LogP contribution is 2.59. The molecule has 2 aliphatic rings. The lowest BCUT2D eigenvalue weighted by atomic mass is 9.92. The molecule has 118 valence electrons. The van der Waals surface area contributed by atoms with E-state index in [1.165, 1.54) is 19.3 Å². The lowest BCUT2D eigenvalue weighted by molar-refractivity contribution is 0.352. The van der Waals surface area contributed by atoms with Gasteiger partial charge in [0.1, 0.15) is 0 Å². The van der Waals surface area contributed by atoms with Crippen molar-refractivity contribution >= 4 is 8.07 Å². The molecule has 0 heterocycles. The predicted octanol–water partition coefficient (Wildman–Crippen LogP) is 6.59. The smallest absolute Gasteiger partial charge is 0.0541 e. The summed E-state index contributed by atoms with van der Waals surface area (Å²) in [6.45, 7) is 18.0. The third-order valence-corrected chi connectivity index (χ3v) is 13.2. The van der Waals surface area contributed by atoms with Crippen LogP contribution in [0.2, 0.25) is 24.2 Å². The van der Waals surface area contributed by atoms with Gasteiger partial charge in [-0.15, -0.1) is 0 Å². The lowest BCUT2D eigenvalue weighted by Gasteiger charge is -2.41. The summed E-state index contributed by atoms with van der Waals surface area (Å²) in [4.78, 5) is 0. The van der Waals surface area contributed by atoms with Gasteiger partial charge in [0.05, 0.1) is 8.07 Å². The first-order valence-corrected chi connectivity index (χ1v) is 12.5. The van der Waals surface area contributed by atoms with E-state index in [0.29, 0.717) is 0 Å². The Labute approximate surface area is 129 Å². The van der Waals surface area contributed by atoms with Gasteiger partial charge in [0, 0.05) is 0 Å². The third kappa shape index (κ3) is 2.76. The van der Waals surface area contributed by atoms with E-state index in [1.54, 1.807) is 12.8 Å². The van der Waals surface area contributed by atoms with Crippen molar-refractivity contribution in [1.29, 1.82) is 0 Å². The maximum Gasteiger partial charge on any atom is 0.0541 e. The molecular weight excluding hydrogens is 256 g/mol. The monoisotopic (exact) mass is 294 g/mol. The summed E-state index contributed by atoms with van der Waals surface area (Å²) in [6, 6.07) is 0. The van der Waals surface area contributed by atoms with Gasteiger partial charge >= 0.3 is 0 Å². The first-order chi connectivity index (χ1) is 9.30. The molecule has 0 aromatic heterocycles. The van der Waals surface area contributed by atoms with Gasteiger partial charge in [0.25, 0.3) is 0 Å². The van der Waals surface area contributed by atoms with E-state index in [-0.39, 0.29) is 0 Å². The van der Waals surface area contributed by atoms with Gasteiger partial charge in [-0.3, -0.25) is 0 Å². The highest BCUT2D eigenvalue weighted by atomic mass is 28.3. The van der Waals surface area contributed by atoms with E-state index in [2.05, 4.69) is 47.7 Å². The molecule has 2 saturated carbocycles. The van der Waals surface area contributed by atoms with Gasteiger partial charge in [0.15, 0.2) is 0 Å². The number of rotatable bonds is 4. The van der Waals surface area contributed by atoms with Gasteiger partial charge in [-0.1, -0.05) is 73.4 Å². The molecule has 0 N–H and O–H groups in total. The second-order valence-corrected chi connectivity index (χ2v) is 14.1. The van der Waals surface area contributed by atoms with Crippen LogP contribution >= 0.6 is 0 Å². The standard InChI is InChI=1S/C19H38Si/c1-8-9-17-10-11-18(12-17)20(6,7)19-15(4)13(2)14(3)16(19)5/h13-19H,8-12H2,1-7H3. The second kappa shape index (κ2) is 6.14. The fourth-order valence-electron chi connectivity index (χ4n) is 6.14. The van der Waals surface area contributed by atoms with Crippen LogP contribution in [-0.2, 0) is 0 Å². The molecule has 6 atom stereocenters. The van der Waals surface area contributed by atoms with Crippen LogP contribution in [0, 0.1) is 29.6 Å². The molecule has 0 bridgehead atoms. The Balaban J connectivity index is 2.10. The average Bonchev–Trinajstić information content (AvgIpc) is 2.92. The Hall–Kier alpha value is 0.217. The van der Waals surface area contributed by atoms with E-state index in [0.717, 1.165) is 40.7 Å². The summed E-state index contributed by atoms with van der Waals surface area (Å²) in [7, 11) is -1.12. The van der Waals surface area contributed by atoms with Crippen LogP contribution in [0.1, 0.15) is 66.7 Å². The summed E-state index contributed by atoms with van der Waals surface area (Å²) in [5.74, 6) is 4.88. The van der Waals surface area contributed by atoms with Crippen LogP contribution < -0.4 is 0 Å². The zero-order chi connectivity index (χ0) is 15.1. The van der Waals surface area contributed by atoms with E-state index < -0.39 is 8.07 Å². The van der Waals surface area contributed by atoms with E-state index in [1.807, 2.05) is 0 Å². The molecule has 2 aliphatic carbocycles. The van der Waals surface area contributed by atoms with Gasteiger partial charge < -0.3 is 0 Å². The van der Waals surface area contributed by atoms with E-state index >= 15 is 0 Å². The van der Waals surface area contributed by atoms with Crippen molar-refractivity contribution in [3.05, 3.63) is 0 Å². The molecule has 0 nitrogen and oxygen atoms in total. The highest BCUT2D eigenvalue weighted by Gasteiger charge is 2.52. The Bertz CT molecular complexity index is 308. The first-order valence-electron chi connectivity index (χ1n) is 9.30. The molecule has 6 unspecified atom stereocenters. The van der Waals surface area contributed by atoms with Gasteiger partial charge in [-0.25, -0.2) is 0 Å². The van der Waals surface area contributed by atoms with Crippen molar-refractivity contribution in [3.8, 4) is 0 Å². The van der Waals surface area contributed by atoms with E-state index in [9.17, 15) is 0 Å². The van der Waals surface area contributed by atoms with Crippen molar-refractivity contribution < 1.29 is 0 Å². The van der Waals surface area contributed by atoms with Crippen molar-refractivity contribution in [2.45, 2.75) is 90.9 Å². The minimum absolute atomic E-state index is 0.939. The topological polar surface area (TPSA) is 0 Å². The molecule has 0 aliphatic heterocycles. The van der Waals surface area contributed by atoms with Crippen molar-refractivity contribution in [2.75, 3.05) is 0 Å². The molecule has 0 saturated heterocycles. The molecule has 0 amide bonds. The average molecular weight is 295 g/mol. The molecule has 0 radical (unpaired) electrons. The number of hydrogen-bond acceptors (Lipinski definition) is 0. The van der Waals surface area contributed by atoms with Crippen molar-refractivity contribution in [2.24, 2.45) is 29.6 Å². The fraction of sp³-hybridized carbons (Fsp3) is 1.00. The van der Waals surface area contributed by atoms with Crippen LogP contribution in [0.15, 0.2) is 0 Å². The minimum atomic E-state index is -1.12. The first kappa shape index (κ1) is 16.6. The fourth-order valence-corrected chi connectivity index (χ4v) is 11.9. The molecule has 2 rings (SSSR count). The predicted molar refractivity (Wildman–Crippen MR) is 93.9 cm³/mol. The Morgan fingerprint density at radius 2 is 1.40 bits per heavy atom. The molecular formula is C19H38Si. The summed E-state index contributed by atoms with van der Waals surface area (Å²) in [5, 5.41) is 0. The lowest BCUT2D eigenvalue weighted by Crippen LogP contribution is -2.41. The van der Waals surface area contributed by atoms with Gasteiger partial charge in [0.2, 0.25) is 0 Å². The third-order valence-electron chi connectivity index (χ3n) is 7.77. The number of hydrogen-bond donors (Lipinski definition) is 0. The SMILES string of the molecule is CCCC1CCC([Si](C)(C)C2C(C)C(C)C(C)C2C)C1. The molecule has 0 spiro atoms. The van der Waals surface area contributed by atoms with Gasteiger partial charge in [-0.2, -0.15) is 0 Å². The highest BCUT2D eigenvalue weighted by molar-refractivity contribution is 6.80. The molecule has 20 heavy (non-hydrogen) atoms. The zero-order valence-electron chi connectivity index (χ0n) is 15.1. The van der Waals surface area contributed by atoms with Gasteiger partial charge in [-0.05, 0) is 47.1 Å². The van der Waals surface area contributed by atoms with Crippen LogP contribution in [0.4, 0.5) is 0 Å². The normalized spacial score (nSPS) is 46.0. The Kier molecular flexibility index (Phi) is 5.10.